The molecular weight excluding hydrogens is 584 g/mol. The average Bonchev–Trinajstić information content (AvgIpc) is 3.44. The van der Waals surface area contributed by atoms with Gasteiger partial charge in [-0.3, -0.25) is 39.4 Å². The Morgan fingerprint density at radius 1 is 0.667 bits per heavy atom. The fourth-order valence-electron chi connectivity index (χ4n) is 7.65. The summed E-state index contributed by atoms with van der Waals surface area (Å²) in [7, 11) is 0. The maximum Gasteiger partial charge on any atom is 0.271 e. The smallest absolute Gasteiger partial charge is 0.271 e. The zero-order valence-corrected chi connectivity index (χ0v) is 23.4. The minimum Gasteiger partial charge on any atom is -0.508 e. The van der Waals surface area contributed by atoms with Gasteiger partial charge < -0.3 is 5.11 Å². The van der Waals surface area contributed by atoms with Crippen LogP contribution in [-0.2, 0) is 19.2 Å². The SMILES string of the molecule is O=C1[C@H]2[C@H](CC=C3[C@H]2C[C@H]2C(=O)N(c4cccc([N+](=O)[O-])c4)C(=O)[C@H]2[C@H]3c2ccc(O)cc2)C(=O)N1c1cccc([N+](=O)[O-])c1. The molecular formula is C32H24N4O9. The highest BCUT2D eigenvalue weighted by Gasteiger charge is 2.62. The molecule has 2 aliphatic carbocycles. The largest absolute Gasteiger partial charge is 0.508 e. The van der Waals surface area contributed by atoms with E-state index in [2.05, 4.69) is 0 Å². The quantitative estimate of drug-likeness (QED) is 0.192. The Bertz CT molecular complexity index is 1870. The van der Waals surface area contributed by atoms with E-state index in [1.54, 1.807) is 12.1 Å². The fourth-order valence-corrected chi connectivity index (χ4v) is 7.65. The molecule has 2 aliphatic heterocycles. The number of phenolic OH excluding ortho intramolecular Hbond substituents is 1. The number of carbonyl (C=O) groups excluding carboxylic acids is 4. The van der Waals surface area contributed by atoms with Gasteiger partial charge >= 0.3 is 0 Å². The Morgan fingerprint density at radius 3 is 1.76 bits per heavy atom. The van der Waals surface area contributed by atoms with Crippen molar-refractivity contribution in [2.24, 2.45) is 29.6 Å². The van der Waals surface area contributed by atoms with E-state index in [4.69, 9.17) is 0 Å². The number of allylic oxidation sites excluding steroid dienone is 2. The predicted molar refractivity (Wildman–Crippen MR) is 157 cm³/mol. The number of fused-ring (bicyclic) bond motifs is 4. The molecule has 0 radical (unpaired) electrons. The minimum absolute atomic E-state index is 0.00319. The summed E-state index contributed by atoms with van der Waals surface area (Å²) in [6, 6.07) is 16.8. The Labute approximate surface area is 254 Å². The molecule has 0 unspecified atom stereocenters. The van der Waals surface area contributed by atoms with Gasteiger partial charge in [0.2, 0.25) is 23.6 Å². The van der Waals surface area contributed by atoms with E-state index in [1.165, 1.54) is 60.7 Å². The molecule has 7 rings (SSSR count). The first-order chi connectivity index (χ1) is 21.6. The maximum absolute atomic E-state index is 14.1. The Kier molecular flexibility index (Phi) is 6.35. The van der Waals surface area contributed by atoms with Crippen molar-refractivity contribution in [3.63, 3.8) is 0 Å². The molecule has 1 N–H and O–H groups in total. The summed E-state index contributed by atoms with van der Waals surface area (Å²) in [5, 5.41) is 32.8. The molecule has 2 heterocycles. The highest BCUT2D eigenvalue weighted by atomic mass is 16.6. The number of carbonyl (C=O) groups is 4. The summed E-state index contributed by atoms with van der Waals surface area (Å²) in [4.78, 5) is 79.4. The summed E-state index contributed by atoms with van der Waals surface area (Å²) < 4.78 is 0. The standard InChI is InChI=1S/C32H24N4O9/c37-21-9-7-16(8-10-21)26-22-11-12-23-27(31(40)33(29(23)38)17-3-1-5-19(13-17)35(42)43)24(22)15-25-28(26)32(41)34(30(25)39)18-4-2-6-20(14-18)36(44)45/h1-11,13-14,23-28,37H,12,15H2/t23-,24+,25+,26-,27-,28+/m0/s1. The molecule has 1 saturated carbocycles. The molecule has 0 aromatic heterocycles. The normalized spacial score (nSPS) is 27.2. The molecule has 4 aliphatic rings. The Hall–Kier alpha value is -5.72. The van der Waals surface area contributed by atoms with Crippen molar-refractivity contribution in [3.8, 4) is 5.75 Å². The van der Waals surface area contributed by atoms with Gasteiger partial charge in [0.15, 0.2) is 0 Å². The minimum atomic E-state index is -0.897. The van der Waals surface area contributed by atoms with Gasteiger partial charge in [-0.2, -0.15) is 0 Å². The van der Waals surface area contributed by atoms with Crippen LogP contribution in [0.15, 0.2) is 84.4 Å². The van der Waals surface area contributed by atoms with Gasteiger partial charge in [0.05, 0.1) is 44.9 Å². The molecule has 0 spiro atoms. The van der Waals surface area contributed by atoms with Crippen LogP contribution in [0, 0.1) is 49.8 Å². The lowest BCUT2D eigenvalue weighted by Crippen LogP contribution is -2.43. The predicted octanol–water partition coefficient (Wildman–Crippen LogP) is 4.25. The highest BCUT2D eigenvalue weighted by Crippen LogP contribution is 2.58. The second kappa shape index (κ2) is 10.2. The van der Waals surface area contributed by atoms with Crippen molar-refractivity contribution in [2.45, 2.75) is 18.8 Å². The summed E-state index contributed by atoms with van der Waals surface area (Å²) in [6.07, 6.45) is 2.13. The van der Waals surface area contributed by atoms with Crippen molar-refractivity contribution < 1.29 is 34.1 Å². The van der Waals surface area contributed by atoms with Crippen LogP contribution in [0.4, 0.5) is 22.7 Å². The number of benzene rings is 3. The summed E-state index contributed by atoms with van der Waals surface area (Å²) in [5.74, 6) is -6.80. The third-order valence-electron chi connectivity index (χ3n) is 9.50. The van der Waals surface area contributed by atoms with Crippen LogP contribution >= 0.6 is 0 Å². The third kappa shape index (κ3) is 4.22. The first-order valence-electron chi connectivity index (χ1n) is 14.3. The van der Waals surface area contributed by atoms with Crippen LogP contribution in [0.5, 0.6) is 5.75 Å². The third-order valence-corrected chi connectivity index (χ3v) is 9.50. The van der Waals surface area contributed by atoms with Gasteiger partial charge in [0.25, 0.3) is 11.4 Å². The van der Waals surface area contributed by atoms with Crippen LogP contribution in [0.2, 0.25) is 0 Å². The molecule has 2 saturated heterocycles. The lowest BCUT2D eigenvalue weighted by atomic mass is 9.57. The van der Waals surface area contributed by atoms with E-state index in [0.717, 1.165) is 15.4 Å². The van der Waals surface area contributed by atoms with Crippen LogP contribution in [-0.4, -0.2) is 38.6 Å². The lowest BCUT2D eigenvalue weighted by Gasteiger charge is -2.44. The van der Waals surface area contributed by atoms with Gasteiger partial charge in [-0.1, -0.05) is 35.9 Å². The number of nitro groups is 2. The molecule has 45 heavy (non-hydrogen) atoms. The van der Waals surface area contributed by atoms with Gasteiger partial charge in [-0.25, -0.2) is 9.80 Å². The van der Waals surface area contributed by atoms with E-state index >= 15 is 0 Å². The Morgan fingerprint density at radius 2 is 1.20 bits per heavy atom. The molecule has 3 fully saturated rings. The molecule has 13 heteroatoms. The van der Waals surface area contributed by atoms with Crippen LogP contribution < -0.4 is 9.80 Å². The number of non-ortho nitro benzene ring substituents is 2. The molecule has 226 valence electrons. The van der Waals surface area contributed by atoms with E-state index in [1.807, 2.05) is 6.08 Å². The number of amides is 4. The maximum atomic E-state index is 14.1. The first kappa shape index (κ1) is 28.1. The summed E-state index contributed by atoms with van der Waals surface area (Å²) >= 11 is 0. The number of imide groups is 2. The molecule has 0 bridgehead atoms. The van der Waals surface area contributed by atoms with Crippen LogP contribution in [0.3, 0.4) is 0 Å². The van der Waals surface area contributed by atoms with E-state index in [-0.39, 0.29) is 41.3 Å². The molecule has 3 aromatic carbocycles. The summed E-state index contributed by atoms with van der Waals surface area (Å²) in [5.41, 5.74) is 0.957. The monoisotopic (exact) mass is 608 g/mol. The number of anilines is 2. The second-order valence-corrected chi connectivity index (χ2v) is 11.7. The highest BCUT2D eigenvalue weighted by molar-refractivity contribution is 6.24. The van der Waals surface area contributed by atoms with E-state index < -0.39 is 69.0 Å². The fraction of sp³-hybridized carbons (Fsp3) is 0.250. The summed E-state index contributed by atoms with van der Waals surface area (Å²) in [6.45, 7) is 0. The number of rotatable bonds is 5. The zero-order valence-electron chi connectivity index (χ0n) is 23.4. The van der Waals surface area contributed by atoms with Crippen molar-refractivity contribution in [1.29, 1.82) is 0 Å². The number of nitro benzene ring substituents is 2. The van der Waals surface area contributed by atoms with Crippen molar-refractivity contribution in [3.05, 3.63) is 110 Å². The Balaban J connectivity index is 1.31. The van der Waals surface area contributed by atoms with Crippen LogP contribution in [0.25, 0.3) is 0 Å². The van der Waals surface area contributed by atoms with Gasteiger partial charge in [0, 0.05) is 30.2 Å². The number of aromatic hydroxyl groups is 1. The molecule has 6 atom stereocenters. The van der Waals surface area contributed by atoms with Crippen molar-refractivity contribution >= 4 is 46.4 Å². The number of hydrogen-bond donors (Lipinski definition) is 1. The second-order valence-electron chi connectivity index (χ2n) is 11.7. The van der Waals surface area contributed by atoms with Crippen LogP contribution in [0.1, 0.15) is 24.3 Å². The average molecular weight is 609 g/mol. The van der Waals surface area contributed by atoms with Crippen molar-refractivity contribution in [1.82, 2.24) is 0 Å². The van der Waals surface area contributed by atoms with E-state index in [9.17, 15) is 44.5 Å². The van der Waals surface area contributed by atoms with E-state index in [0.29, 0.717) is 5.56 Å². The number of hydrogen-bond acceptors (Lipinski definition) is 9. The first-order valence-corrected chi connectivity index (χ1v) is 14.3. The van der Waals surface area contributed by atoms with Gasteiger partial charge in [-0.15, -0.1) is 0 Å². The van der Waals surface area contributed by atoms with Gasteiger partial charge in [-0.05, 0) is 48.6 Å². The number of nitrogens with zero attached hydrogens (tertiary/aromatic N) is 4. The van der Waals surface area contributed by atoms with Crippen molar-refractivity contribution in [2.75, 3.05) is 9.80 Å². The molecule has 3 aromatic rings. The topological polar surface area (TPSA) is 181 Å². The lowest BCUT2D eigenvalue weighted by molar-refractivity contribution is -0.385. The molecule has 4 amide bonds. The van der Waals surface area contributed by atoms with Gasteiger partial charge in [0.1, 0.15) is 5.75 Å². The zero-order chi connectivity index (χ0) is 31.7. The molecule has 13 nitrogen and oxygen atoms in total. The number of phenols is 1.